The summed E-state index contributed by atoms with van der Waals surface area (Å²) in [5.41, 5.74) is 0. The van der Waals surface area contributed by atoms with E-state index in [1.54, 1.807) is 0 Å². The smallest absolute Gasteiger partial charge is 0.212 e. The van der Waals surface area contributed by atoms with Crippen molar-refractivity contribution in [3.63, 3.8) is 0 Å². The number of rotatable bonds is 5. The van der Waals surface area contributed by atoms with Gasteiger partial charge in [0, 0.05) is 12.6 Å². The van der Waals surface area contributed by atoms with E-state index in [9.17, 15) is 8.42 Å². The van der Waals surface area contributed by atoms with Gasteiger partial charge in [-0.15, -0.1) is 0 Å². The lowest BCUT2D eigenvalue weighted by Gasteiger charge is -2.26. The lowest BCUT2D eigenvalue weighted by atomic mass is 10.2. The highest BCUT2D eigenvalue weighted by molar-refractivity contribution is 7.89. The lowest BCUT2D eigenvalue weighted by molar-refractivity contribution is 0.0303. The van der Waals surface area contributed by atoms with E-state index in [4.69, 9.17) is 4.74 Å². The summed E-state index contributed by atoms with van der Waals surface area (Å²) in [6.45, 7) is 3.99. The van der Waals surface area contributed by atoms with Crippen molar-refractivity contribution in [3.8, 4) is 0 Å². The molecule has 0 aliphatic carbocycles. The molecule has 0 saturated carbocycles. The summed E-state index contributed by atoms with van der Waals surface area (Å²) in [5, 5.41) is 0. The first-order valence-corrected chi connectivity index (χ1v) is 8.46. The fourth-order valence-electron chi connectivity index (χ4n) is 2.94. The predicted molar refractivity (Wildman–Crippen MR) is 71.0 cm³/mol. The molecule has 0 spiro atoms. The van der Waals surface area contributed by atoms with Crippen LogP contribution in [-0.4, -0.2) is 57.5 Å². The number of ether oxygens (including phenoxy) is 1. The molecule has 0 radical (unpaired) electrons. The molecule has 2 rings (SSSR count). The maximum Gasteiger partial charge on any atom is 0.212 e. The van der Waals surface area contributed by atoms with Crippen LogP contribution in [-0.2, 0) is 14.8 Å². The second kappa shape index (κ2) is 5.86. The van der Waals surface area contributed by atoms with Crippen molar-refractivity contribution in [3.05, 3.63) is 0 Å². The molecule has 3 unspecified atom stereocenters. The molecular weight excluding hydrogens is 252 g/mol. The van der Waals surface area contributed by atoms with Gasteiger partial charge in [0.05, 0.1) is 18.0 Å². The van der Waals surface area contributed by atoms with Crippen LogP contribution in [0.4, 0.5) is 0 Å². The van der Waals surface area contributed by atoms with Crippen LogP contribution < -0.4 is 4.72 Å². The predicted octanol–water partition coefficient (Wildman–Crippen LogP) is 0.567. The Labute approximate surface area is 110 Å². The Balaban J connectivity index is 1.87. The average Bonchev–Trinajstić information content (AvgIpc) is 2.89. The number of nitrogens with one attached hydrogen (secondary N) is 1. The van der Waals surface area contributed by atoms with Gasteiger partial charge in [0.25, 0.3) is 0 Å². The topological polar surface area (TPSA) is 58.6 Å². The molecule has 0 amide bonds. The van der Waals surface area contributed by atoms with Crippen LogP contribution in [0.3, 0.4) is 0 Å². The molecule has 106 valence electrons. The van der Waals surface area contributed by atoms with Crippen molar-refractivity contribution in [1.29, 1.82) is 0 Å². The molecule has 0 aromatic rings. The highest BCUT2D eigenvalue weighted by Crippen LogP contribution is 2.24. The zero-order valence-corrected chi connectivity index (χ0v) is 12.1. The van der Waals surface area contributed by atoms with Crippen molar-refractivity contribution in [2.24, 2.45) is 0 Å². The summed E-state index contributed by atoms with van der Waals surface area (Å²) in [7, 11) is -1.63. The number of likely N-dealkylation sites (tertiary alicyclic amines) is 1. The molecule has 0 aromatic carbocycles. The molecule has 2 heterocycles. The summed E-state index contributed by atoms with van der Waals surface area (Å²) in [5.74, 6) is 0.214. The Morgan fingerprint density at radius 3 is 2.72 bits per heavy atom. The van der Waals surface area contributed by atoms with Gasteiger partial charge in [-0.3, -0.25) is 4.90 Å². The van der Waals surface area contributed by atoms with E-state index in [1.807, 2.05) is 0 Å². The third-order valence-corrected chi connectivity index (χ3v) is 5.43. The van der Waals surface area contributed by atoms with Crippen LogP contribution in [0.2, 0.25) is 0 Å². The third-order valence-electron chi connectivity index (χ3n) is 3.98. The Morgan fingerprint density at radius 1 is 1.33 bits per heavy atom. The lowest BCUT2D eigenvalue weighted by Crippen LogP contribution is -2.41. The van der Waals surface area contributed by atoms with Crippen molar-refractivity contribution < 1.29 is 13.2 Å². The highest BCUT2D eigenvalue weighted by Gasteiger charge is 2.32. The molecule has 2 aliphatic heterocycles. The monoisotopic (exact) mass is 276 g/mol. The first kappa shape index (κ1) is 14.2. The normalized spacial score (nSPS) is 34.2. The minimum Gasteiger partial charge on any atom is -0.374 e. The first-order chi connectivity index (χ1) is 8.50. The number of sulfonamides is 1. The van der Waals surface area contributed by atoms with Gasteiger partial charge in [-0.05, 0) is 46.2 Å². The van der Waals surface area contributed by atoms with Crippen LogP contribution in [0, 0.1) is 0 Å². The zero-order chi connectivity index (χ0) is 13.2. The standard InChI is InChI=1S/C12H24N2O3S/c1-10-5-6-12(17-10)8-14-7-3-4-11(14)9-18(15,16)13-2/h10-13H,3-9H2,1-2H3. The van der Waals surface area contributed by atoms with Crippen LogP contribution in [0.25, 0.3) is 0 Å². The van der Waals surface area contributed by atoms with Crippen molar-refractivity contribution in [2.75, 3.05) is 25.9 Å². The summed E-state index contributed by atoms with van der Waals surface area (Å²) in [6, 6.07) is 0.155. The maximum absolute atomic E-state index is 11.6. The van der Waals surface area contributed by atoms with Crippen LogP contribution in [0.1, 0.15) is 32.6 Å². The minimum atomic E-state index is -3.11. The minimum absolute atomic E-state index is 0.155. The summed E-state index contributed by atoms with van der Waals surface area (Å²) < 4.78 is 31.5. The van der Waals surface area contributed by atoms with Crippen molar-refractivity contribution >= 4 is 10.0 Å². The molecule has 2 aliphatic rings. The van der Waals surface area contributed by atoms with Gasteiger partial charge < -0.3 is 4.74 Å². The van der Waals surface area contributed by atoms with Crippen LogP contribution >= 0.6 is 0 Å². The van der Waals surface area contributed by atoms with Crippen LogP contribution in [0.15, 0.2) is 0 Å². The number of hydrogen-bond donors (Lipinski definition) is 1. The second-order valence-corrected chi connectivity index (χ2v) is 7.39. The quantitative estimate of drug-likeness (QED) is 0.797. The van der Waals surface area contributed by atoms with Crippen molar-refractivity contribution in [2.45, 2.75) is 50.9 Å². The molecule has 5 nitrogen and oxygen atoms in total. The molecule has 0 bridgehead atoms. The Hall–Kier alpha value is -0.170. The fraction of sp³-hybridized carbons (Fsp3) is 1.00. The van der Waals surface area contributed by atoms with Gasteiger partial charge in [0.15, 0.2) is 0 Å². The Morgan fingerprint density at radius 2 is 2.11 bits per heavy atom. The zero-order valence-electron chi connectivity index (χ0n) is 11.3. The van der Waals surface area contributed by atoms with Gasteiger partial charge in [0.1, 0.15) is 0 Å². The van der Waals surface area contributed by atoms with E-state index in [0.29, 0.717) is 6.10 Å². The molecule has 3 atom stereocenters. The molecule has 18 heavy (non-hydrogen) atoms. The number of hydrogen-bond acceptors (Lipinski definition) is 4. The molecule has 2 saturated heterocycles. The summed E-state index contributed by atoms with van der Waals surface area (Å²) >= 11 is 0. The van der Waals surface area contributed by atoms with E-state index in [0.717, 1.165) is 38.8 Å². The molecule has 2 fully saturated rings. The Bertz CT molecular complexity index is 372. The summed E-state index contributed by atoms with van der Waals surface area (Å²) in [4.78, 5) is 2.29. The third kappa shape index (κ3) is 3.66. The van der Waals surface area contributed by atoms with E-state index >= 15 is 0 Å². The van der Waals surface area contributed by atoms with Gasteiger partial charge >= 0.3 is 0 Å². The maximum atomic E-state index is 11.6. The Kier molecular flexibility index (Phi) is 4.64. The van der Waals surface area contributed by atoms with E-state index in [-0.39, 0.29) is 17.9 Å². The van der Waals surface area contributed by atoms with Crippen LogP contribution in [0.5, 0.6) is 0 Å². The first-order valence-electron chi connectivity index (χ1n) is 6.81. The molecular formula is C12H24N2O3S. The fourth-order valence-corrected chi connectivity index (χ4v) is 3.99. The van der Waals surface area contributed by atoms with Gasteiger partial charge in [-0.2, -0.15) is 0 Å². The molecule has 0 aromatic heterocycles. The SMILES string of the molecule is CNS(=O)(=O)CC1CCCN1CC1CCC(C)O1. The van der Waals surface area contributed by atoms with Crippen molar-refractivity contribution in [1.82, 2.24) is 9.62 Å². The second-order valence-electron chi connectivity index (χ2n) is 5.42. The highest BCUT2D eigenvalue weighted by atomic mass is 32.2. The van der Waals surface area contributed by atoms with E-state index in [1.165, 1.54) is 7.05 Å². The number of nitrogens with zero attached hydrogens (tertiary/aromatic N) is 1. The van der Waals surface area contributed by atoms with E-state index in [2.05, 4.69) is 16.5 Å². The largest absolute Gasteiger partial charge is 0.374 e. The summed E-state index contributed by atoms with van der Waals surface area (Å²) in [6.07, 6.45) is 4.94. The van der Waals surface area contributed by atoms with Gasteiger partial charge in [-0.1, -0.05) is 0 Å². The molecule has 6 heteroatoms. The van der Waals surface area contributed by atoms with E-state index < -0.39 is 10.0 Å². The van der Waals surface area contributed by atoms with Gasteiger partial charge in [0.2, 0.25) is 10.0 Å². The average molecular weight is 276 g/mol. The molecule has 1 N–H and O–H groups in total. The van der Waals surface area contributed by atoms with Gasteiger partial charge in [-0.25, -0.2) is 13.1 Å².